The summed E-state index contributed by atoms with van der Waals surface area (Å²) >= 11 is 3.26. The first-order valence-corrected chi connectivity index (χ1v) is 6.87. The van der Waals surface area contributed by atoms with Crippen molar-refractivity contribution in [2.75, 3.05) is 20.2 Å². The van der Waals surface area contributed by atoms with Gasteiger partial charge in [0.2, 0.25) is 0 Å². The van der Waals surface area contributed by atoms with Crippen molar-refractivity contribution in [3.63, 3.8) is 0 Å². The second-order valence-corrected chi connectivity index (χ2v) is 5.39. The maximum Gasteiger partial charge on any atom is 0.172 e. The molecule has 0 amide bonds. The largest absolute Gasteiger partial charge is 0.503 e. The van der Waals surface area contributed by atoms with Crippen molar-refractivity contribution in [2.24, 2.45) is 5.92 Å². The Kier molecular flexibility index (Phi) is 4.45. The normalized spacial score (nSPS) is 16.8. The first-order chi connectivity index (χ1) is 8.63. The molecule has 0 bridgehead atoms. The molecule has 0 spiro atoms. The first-order valence-electron chi connectivity index (χ1n) is 6.08. The van der Waals surface area contributed by atoms with E-state index in [1.54, 1.807) is 0 Å². The summed E-state index contributed by atoms with van der Waals surface area (Å²) in [6, 6.07) is 1.25. The third-order valence-corrected chi connectivity index (χ3v) is 4.28. The Balaban J connectivity index is 2.24. The number of hydrogen-bond acceptors (Lipinski definition) is 3. The van der Waals surface area contributed by atoms with Crippen molar-refractivity contribution in [2.45, 2.75) is 19.3 Å². The fourth-order valence-electron chi connectivity index (χ4n) is 2.34. The van der Waals surface area contributed by atoms with Gasteiger partial charge in [-0.2, -0.15) is 0 Å². The third-order valence-electron chi connectivity index (χ3n) is 3.42. The van der Waals surface area contributed by atoms with Gasteiger partial charge in [-0.05, 0) is 54.2 Å². The Labute approximate surface area is 114 Å². The molecule has 1 aromatic carbocycles. The van der Waals surface area contributed by atoms with Gasteiger partial charge in [0, 0.05) is 11.6 Å². The van der Waals surface area contributed by atoms with Crippen LogP contribution in [0.1, 0.15) is 18.4 Å². The van der Waals surface area contributed by atoms with Crippen molar-refractivity contribution < 1.29 is 14.2 Å². The molecule has 5 heteroatoms. The topological polar surface area (TPSA) is 41.5 Å². The second-order valence-electron chi connectivity index (χ2n) is 4.60. The van der Waals surface area contributed by atoms with Crippen molar-refractivity contribution in [1.29, 1.82) is 0 Å². The smallest absolute Gasteiger partial charge is 0.172 e. The average Bonchev–Trinajstić information content (AvgIpc) is 2.40. The van der Waals surface area contributed by atoms with Gasteiger partial charge in [0.1, 0.15) is 5.82 Å². The molecule has 0 unspecified atom stereocenters. The third kappa shape index (κ3) is 2.78. The summed E-state index contributed by atoms with van der Waals surface area (Å²) in [5.41, 5.74) is 0.542. The van der Waals surface area contributed by atoms with Crippen molar-refractivity contribution in [3.05, 3.63) is 21.9 Å². The van der Waals surface area contributed by atoms with Crippen LogP contribution < -0.4 is 10.1 Å². The minimum atomic E-state index is -0.324. The molecule has 0 radical (unpaired) electrons. The Morgan fingerprint density at radius 3 is 2.78 bits per heavy atom. The summed E-state index contributed by atoms with van der Waals surface area (Å²) in [5, 5.41) is 13.2. The molecule has 0 aromatic heterocycles. The fourth-order valence-corrected chi connectivity index (χ4v) is 2.89. The number of phenolic OH excluding ortho intramolecular Hbond substituents is 1. The summed E-state index contributed by atoms with van der Waals surface area (Å²) in [7, 11) is 1.41. The minimum Gasteiger partial charge on any atom is -0.503 e. The van der Waals surface area contributed by atoms with Gasteiger partial charge in [-0.25, -0.2) is 4.39 Å². The summed E-state index contributed by atoms with van der Waals surface area (Å²) in [5.74, 6) is 0.274. The molecular formula is C13H17BrFNO2. The predicted molar refractivity (Wildman–Crippen MR) is 71.6 cm³/mol. The van der Waals surface area contributed by atoms with E-state index >= 15 is 0 Å². The van der Waals surface area contributed by atoms with Crippen LogP contribution in [0.25, 0.3) is 0 Å². The van der Waals surface area contributed by atoms with Gasteiger partial charge < -0.3 is 15.2 Å². The first kappa shape index (κ1) is 13.6. The van der Waals surface area contributed by atoms with Crippen molar-refractivity contribution in [1.82, 2.24) is 5.32 Å². The maximum atomic E-state index is 14.0. The molecule has 3 nitrogen and oxygen atoms in total. The van der Waals surface area contributed by atoms with Crippen LogP contribution in [0.15, 0.2) is 10.5 Å². The molecule has 1 aliphatic rings. The number of hydrogen-bond donors (Lipinski definition) is 2. The zero-order valence-corrected chi connectivity index (χ0v) is 11.9. The number of halogens is 2. The van der Waals surface area contributed by atoms with Crippen LogP contribution in [0, 0.1) is 11.7 Å². The van der Waals surface area contributed by atoms with E-state index in [9.17, 15) is 9.50 Å². The Morgan fingerprint density at radius 1 is 1.50 bits per heavy atom. The molecule has 2 N–H and O–H groups in total. The number of ether oxygens (including phenoxy) is 1. The molecule has 1 aromatic rings. The number of phenols is 1. The highest BCUT2D eigenvalue weighted by molar-refractivity contribution is 9.10. The van der Waals surface area contributed by atoms with E-state index in [1.807, 2.05) is 0 Å². The lowest BCUT2D eigenvalue weighted by atomic mass is 9.90. The molecule has 0 aliphatic carbocycles. The molecule has 100 valence electrons. The van der Waals surface area contributed by atoms with E-state index in [1.165, 1.54) is 13.2 Å². The van der Waals surface area contributed by atoms with Gasteiger partial charge in [-0.1, -0.05) is 0 Å². The van der Waals surface area contributed by atoms with Crippen molar-refractivity contribution >= 4 is 15.9 Å². The number of methoxy groups -OCH3 is 1. The van der Waals surface area contributed by atoms with E-state index in [2.05, 4.69) is 21.2 Å². The van der Waals surface area contributed by atoms with Crippen LogP contribution in [0.3, 0.4) is 0 Å². The molecule has 1 aliphatic heterocycles. The number of rotatable bonds is 3. The van der Waals surface area contributed by atoms with E-state index in [4.69, 9.17) is 4.74 Å². The van der Waals surface area contributed by atoms with Gasteiger partial charge in [0.05, 0.1) is 11.6 Å². The maximum absolute atomic E-state index is 14.0. The van der Waals surface area contributed by atoms with Crippen molar-refractivity contribution in [3.8, 4) is 11.5 Å². The van der Waals surface area contributed by atoms with E-state index in [0.29, 0.717) is 22.4 Å². The summed E-state index contributed by atoms with van der Waals surface area (Å²) in [4.78, 5) is 0. The van der Waals surface area contributed by atoms with Gasteiger partial charge in [-0.3, -0.25) is 0 Å². The van der Waals surface area contributed by atoms with Crippen LogP contribution >= 0.6 is 15.9 Å². The predicted octanol–water partition coefficient (Wildman–Crippen LogP) is 2.84. The van der Waals surface area contributed by atoms with E-state index in [0.717, 1.165) is 25.9 Å². The van der Waals surface area contributed by atoms with Crippen LogP contribution in [0.2, 0.25) is 0 Å². The molecule has 1 saturated heterocycles. The van der Waals surface area contributed by atoms with Crippen LogP contribution in [-0.2, 0) is 6.42 Å². The van der Waals surface area contributed by atoms with Crippen LogP contribution in [0.4, 0.5) is 4.39 Å². The molecule has 2 rings (SSSR count). The Hall–Kier alpha value is -0.810. The number of nitrogens with one attached hydrogen (secondary N) is 1. The standard InChI is InChI=1S/C13H17BrFNO2/c1-18-11-7-10(15)9(12(14)13(11)17)6-8-2-4-16-5-3-8/h7-8,16-17H,2-6H2,1H3. The van der Waals surface area contributed by atoms with Crippen LogP contribution in [0.5, 0.6) is 11.5 Å². The van der Waals surface area contributed by atoms with E-state index < -0.39 is 0 Å². The van der Waals surface area contributed by atoms with Gasteiger partial charge in [0.15, 0.2) is 11.5 Å². The van der Waals surface area contributed by atoms with Gasteiger partial charge >= 0.3 is 0 Å². The Bertz CT molecular complexity index is 433. The monoisotopic (exact) mass is 317 g/mol. The van der Waals surface area contributed by atoms with E-state index in [-0.39, 0.29) is 17.3 Å². The number of aromatic hydroxyl groups is 1. The van der Waals surface area contributed by atoms with Gasteiger partial charge in [0.25, 0.3) is 0 Å². The lowest BCUT2D eigenvalue weighted by Gasteiger charge is -2.23. The highest BCUT2D eigenvalue weighted by atomic mass is 79.9. The lowest BCUT2D eigenvalue weighted by Crippen LogP contribution is -2.28. The highest BCUT2D eigenvalue weighted by Gasteiger charge is 2.21. The average molecular weight is 318 g/mol. The molecule has 18 heavy (non-hydrogen) atoms. The fraction of sp³-hybridized carbons (Fsp3) is 0.538. The zero-order chi connectivity index (χ0) is 13.1. The quantitative estimate of drug-likeness (QED) is 0.900. The SMILES string of the molecule is COc1cc(F)c(CC2CCNCC2)c(Br)c1O. The highest BCUT2D eigenvalue weighted by Crippen LogP contribution is 2.39. The molecule has 0 saturated carbocycles. The second kappa shape index (κ2) is 5.89. The summed E-state index contributed by atoms with van der Waals surface area (Å²) in [6.07, 6.45) is 2.73. The Morgan fingerprint density at radius 2 is 2.17 bits per heavy atom. The molecular weight excluding hydrogens is 301 g/mol. The molecule has 1 fully saturated rings. The molecule has 1 heterocycles. The lowest BCUT2D eigenvalue weighted by molar-refractivity contribution is 0.356. The number of piperidine rings is 1. The number of benzene rings is 1. The summed E-state index contributed by atoms with van der Waals surface area (Å²) in [6.45, 7) is 1.96. The van der Waals surface area contributed by atoms with Crippen LogP contribution in [-0.4, -0.2) is 25.3 Å². The zero-order valence-electron chi connectivity index (χ0n) is 10.3. The minimum absolute atomic E-state index is 0.0252. The summed E-state index contributed by atoms with van der Waals surface area (Å²) < 4.78 is 19.3. The molecule has 0 atom stereocenters. The van der Waals surface area contributed by atoms with Gasteiger partial charge in [-0.15, -0.1) is 0 Å².